The minimum Gasteiger partial charge on any atom is -0.493 e. The van der Waals surface area contributed by atoms with Crippen LogP contribution in [0, 0.1) is 0 Å². The lowest BCUT2D eigenvalue weighted by atomic mass is 10.2. The van der Waals surface area contributed by atoms with E-state index in [2.05, 4.69) is 5.32 Å². The molecule has 0 radical (unpaired) electrons. The van der Waals surface area contributed by atoms with Gasteiger partial charge < -0.3 is 14.8 Å². The first-order chi connectivity index (χ1) is 10.2. The van der Waals surface area contributed by atoms with Gasteiger partial charge in [-0.05, 0) is 29.3 Å². The maximum Gasteiger partial charge on any atom is 0.161 e. The standard InChI is InChI=1S/C16H17Cl2NO2/c1-20-14-7-6-11(8-15(14)21-2)9-19-10-12-4-3-5-13(17)16(12)18/h3-8,19H,9-10H2,1-2H3. The fraction of sp³-hybridized carbons (Fsp3) is 0.250. The molecule has 2 aromatic rings. The van der Waals surface area contributed by atoms with Crippen LogP contribution in [0.15, 0.2) is 36.4 Å². The molecule has 21 heavy (non-hydrogen) atoms. The molecule has 3 nitrogen and oxygen atoms in total. The second kappa shape index (κ2) is 7.55. The highest BCUT2D eigenvalue weighted by Crippen LogP contribution is 2.28. The Kier molecular flexibility index (Phi) is 5.74. The fourth-order valence-corrected chi connectivity index (χ4v) is 2.40. The molecule has 0 aliphatic heterocycles. The zero-order valence-corrected chi connectivity index (χ0v) is 13.5. The Hall–Kier alpha value is -1.42. The van der Waals surface area contributed by atoms with Crippen LogP contribution in [0.1, 0.15) is 11.1 Å². The van der Waals surface area contributed by atoms with Crippen LogP contribution in [0.5, 0.6) is 11.5 Å². The normalized spacial score (nSPS) is 10.5. The molecule has 0 aliphatic carbocycles. The summed E-state index contributed by atoms with van der Waals surface area (Å²) in [6, 6.07) is 11.5. The Labute approximate surface area is 134 Å². The van der Waals surface area contributed by atoms with E-state index in [0.29, 0.717) is 23.1 Å². The SMILES string of the molecule is COc1ccc(CNCc2cccc(Cl)c2Cl)cc1OC. The lowest BCUT2D eigenvalue weighted by Gasteiger charge is -2.11. The first-order valence-electron chi connectivity index (χ1n) is 6.50. The van der Waals surface area contributed by atoms with Gasteiger partial charge in [0.05, 0.1) is 24.3 Å². The highest BCUT2D eigenvalue weighted by Gasteiger charge is 2.06. The molecule has 2 rings (SSSR count). The second-order valence-corrected chi connectivity index (χ2v) is 5.29. The Morgan fingerprint density at radius 1 is 0.952 bits per heavy atom. The van der Waals surface area contributed by atoms with Crippen molar-refractivity contribution >= 4 is 23.2 Å². The van der Waals surface area contributed by atoms with Crippen molar-refractivity contribution in [1.82, 2.24) is 5.32 Å². The topological polar surface area (TPSA) is 30.5 Å². The van der Waals surface area contributed by atoms with Crippen molar-refractivity contribution in [3.8, 4) is 11.5 Å². The van der Waals surface area contributed by atoms with Crippen LogP contribution in [-0.4, -0.2) is 14.2 Å². The van der Waals surface area contributed by atoms with Gasteiger partial charge in [0.15, 0.2) is 11.5 Å². The molecule has 0 bridgehead atoms. The van der Waals surface area contributed by atoms with Crippen LogP contribution >= 0.6 is 23.2 Å². The van der Waals surface area contributed by atoms with E-state index in [4.69, 9.17) is 32.7 Å². The van der Waals surface area contributed by atoms with Crippen LogP contribution < -0.4 is 14.8 Å². The predicted octanol–water partition coefficient (Wildman–Crippen LogP) is 4.30. The van der Waals surface area contributed by atoms with Crippen molar-refractivity contribution in [2.45, 2.75) is 13.1 Å². The van der Waals surface area contributed by atoms with Crippen molar-refractivity contribution in [3.05, 3.63) is 57.6 Å². The number of hydrogen-bond donors (Lipinski definition) is 1. The monoisotopic (exact) mass is 325 g/mol. The van der Waals surface area contributed by atoms with E-state index < -0.39 is 0 Å². The average Bonchev–Trinajstić information content (AvgIpc) is 2.51. The molecular formula is C16H17Cl2NO2. The highest BCUT2D eigenvalue weighted by atomic mass is 35.5. The Balaban J connectivity index is 1.99. The summed E-state index contributed by atoms with van der Waals surface area (Å²) in [5, 5.41) is 4.50. The van der Waals surface area contributed by atoms with Crippen molar-refractivity contribution in [2.75, 3.05) is 14.2 Å². The summed E-state index contributed by atoms with van der Waals surface area (Å²) in [6.45, 7) is 1.34. The summed E-state index contributed by atoms with van der Waals surface area (Å²) >= 11 is 12.1. The van der Waals surface area contributed by atoms with Crippen LogP contribution in [0.3, 0.4) is 0 Å². The Morgan fingerprint density at radius 2 is 1.71 bits per heavy atom. The van der Waals surface area contributed by atoms with Gasteiger partial charge in [-0.3, -0.25) is 0 Å². The van der Waals surface area contributed by atoms with Gasteiger partial charge >= 0.3 is 0 Å². The van der Waals surface area contributed by atoms with E-state index in [1.807, 2.05) is 30.3 Å². The number of methoxy groups -OCH3 is 2. The molecule has 0 fully saturated rings. The number of halogens is 2. The van der Waals surface area contributed by atoms with Crippen molar-refractivity contribution < 1.29 is 9.47 Å². The molecule has 5 heteroatoms. The number of ether oxygens (including phenoxy) is 2. The van der Waals surface area contributed by atoms with Gasteiger partial charge in [-0.1, -0.05) is 41.4 Å². The maximum atomic E-state index is 6.15. The van der Waals surface area contributed by atoms with Crippen LogP contribution in [-0.2, 0) is 13.1 Å². The third-order valence-corrected chi connectivity index (χ3v) is 3.98. The summed E-state index contributed by atoms with van der Waals surface area (Å²) in [4.78, 5) is 0. The predicted molar refractivity (Wildman–Crippen MR) is 86.6 cm³/mol. The molecule has 0 saturated heterocycles. The largest absolute Gasteiger partial charge is 0.493 e. The lowest BCUT2D eigenvalue weighted by molar-refractivity contribution is 0.354. The second-order valence-electron chi connectivity index (χ2n) is 4.51. The molecule has 0 amide bonds. The van der Waals surface area contributed by atoms with Crippen molar-refractivity contribution in [3.63, 3.8) is 0 Å². The maximum absolute atomic E-state index is 6.15. The molecule has 1 N–H and O–H groups in total. The lowest BCUT2D eigenvalue weighted by Crippen LogP contribution is -2.13. The van der Waals surface area contributed by atoms with Gasteiger partial charge in [0.1, 0.15) is 0 Å². The van der Waals surface area contributed by atoms with E-state index >= 15 is 0 Å². The third kappa shape index (κ3) is 4.03. The average molecular weight is 326 g/mol. The van der Waals surface area contributed by atoms with E-state index in [1.54, 1.807) is 20.3 Å². The van der Waals surface area contributed by atoms with Crippen LogP contribution in [0.2, 0.25) is 10.0 Å². The summed E-state index contributed by atoms with van der Waals surface area (Å²) in [7, 11) is 3.25. The van der Waals surface area contributed by atoms with E-state index in [-0.39, 0.29) is 0 Å². The minimum absolute atomic E-state index is 0.571. The van der Waals surface area contributed by atoms with Gasteiger partial charge in [-0.2, -0.15) is 0 Å². The zero-order chi connectivity index (χ0) is 15.2. The molecule has 0 atom stereocenters. The number of hydrogen-bond acceptors (Lipinski definition) is 3. The van der Waals surface area contributed by atoms with E-state index in [1.165, 1.54) is 0 Å². The smallest absolute Gasteiger partial charge is 0.161 e. The number of benzene rings is 2. The first kappa shape index (κ1) is 16.0. The van der Waals surface area contributed by atoms with Gasteiger partial charge in [0.2, 0.25) is 0 Å². The number of rotatable bonds is 6. The van der Waals surface area contributed by atoms with Crippen LogP contribution in [0.25, 0.3) is 0 Å². The van der Waals surface area contributed by atoms with Gasteiger partial charge in [-0.25, -0.2) is 0 Å². The molecule has 2 aromatic carbocycles. The van der Waals surface area contributed by atoms with Crippen molar-refractivity contribution in [2.24, 2.45) is 0 Å². The highest BCUT2D eigenvalue weighted by molar-refractivity contribution is 6.42. The van der Waals surface area contributed by atoms with Gasteiger partial charge in [0, 0.05) is 13.1 Å². The van der Waals surface area contributed by atoms with Crippen LogP contribution in [0.4, 0.5) is 0 Å². The Bertz CT molecular complexity index is 617. The molecule has 0 aromatic heterocycles. The quantitative estimate of drug-likeness (QED) is 0.858. The summed E-state index contributed by atoms with van der Waals surface area (Å²) in [5.74, 6) is 1.44. The molecule has 0 aliphatic rings. The fourth-order valence-electron chi connectivity index (χ4n) is 2.02. The van der Waals surface area contributed by atoms with Crippen molar-refractivity contribution in [1.29, 1.82) is 0 Å². The minimum atomic E-state index is 0.571. The molecule has 112 valence electrons. The van der Waals surface area contributed by atoms with Gasteiger partial charge in [0.25, 0.3) is 0 Å². The third-order valence-electron chi connectivity index (χ3n) is 3.12. The summed E-state index contributed by atoms with van der Waals surface area (Å²) < 4.78 is 10.5. The molecule has 0 saturated carbocycles. The summed E-state index contributed by atoms with van der Waals surface area (Å²) in [5.41, 5.74) is 2.08. The zero-order valence-electron chi connectivity index (χ0n) is 12.0. The first-order valence-corrected chi connectivity index (χ1v) is 7.25. The Morgan fingerprint density at radius 3 is 2.43 bits per heavy atom. The van der Waals surface area contributed by atoms with E-state index in [0.717, 1.165) is 22.6 Å². The van der Waals surface area contributed by atoms with E-state index in [9.17, 15) is 0 Å². The summed E-state index contributed by atoms with van der Waals surface area (Å²) in [6.07, 6.45) is 0. The van der Waals surface area contributed by atoms with Gasteiger partial charge in [-0.15, -0.1) is 0 Å². The number of nitrogens with one attached hydrogen (secondary N) is 1. The molecular weight excluding hydrogens is 309 g/mol. The molecule has 0 spiro atoms. The molecule has 0 unspecified atom stereocenters. The molecule has 0 heterocycles.